The molecule has 0 aliphatic carbocycles. The fraction of sp³-hybridized carbons (Fsp3) is 1.00. The molecule has 0 fully saturated rings. The van der Waals surface area contributed by atoms with Gasteiger partial charge >= 0.3 is 0 Å². The molecular formula is C7H16O2S. The summed E-state index contributed by atoms with van der Waals surface area (Å²) in [6.07, 6.45) is 0.904. The van der Waals surface area contributed by atoms with Gasteiger partial charge in [-0.3, -0.25) is 0 Å². The van der Waals surface area contributed by atoms with Gasteiger partial charge in [0.2, 0.25) is 0 Å². The van der Waals surface area contributed by atoms with Crippen LogP contribution < -0.4 is 0 Å². The second-order valence-electron chi connectivity index (χ2n) is 2.27. The number of rotatable bonds is 6. The van der Waals surface area contributed by atoms with Crippen LogP contribution in [0.3, 0.4) is 0 Å². The molecule has 0 saturated heterocycles. The van der Waals surface area contributed by atoms with E-state index < -0.39 is 0 Å². The van der Waals surface area contributed by atoms with Gasteiger partial charge in [0.1, 0.15) is 0 Å². The molecule has 0 radical (unpaired) electrons. The third-order valence-electron chi connectivity index (χ3n) is 0.996. The first kappa shape index (κ1) is 10.3. The largest absolute Gasteiger partial charge is 0.393 e. The van der Waals surface area contributed by atoms with Crippen LogP contribution in [0.15, 0.2) is 0 Å². The zero-order valence-electron chi connectivity index (χ0n) is 6.67. The van der Waals surface area contributed by atoms with Gasteiger partial charge in [0.25, 0.3) is 0 Å². The Morgan fingerprint density at radius 2 is 2.30 bits per heavy atom. The summed E-state index contributed by atoms with van der Waals surface area (Å²) in [5, 5.41) is 8.86. The van der Waals surface area contributed by atoms with Gasteiger partial charge in [-0.05, 0) is 19.1 Å². The quantitative estimate of drug-likeness (QED) is 0.597. The maximum absolute atomic E-state index is 8.86. The average molecular weight is 164 g/mol. The van der Waals surface area contributed by atoms with Crippen molar-refractivity contribution in [2.75, 3.05) is 25.2 Å². The molecule has 2 nitrogen and oxygen atoms in total. The lowest BCUT2D eigenvalue weighted by molar-refractivity contribution is 0.200. The van der Waals surface area contributed by atoms with Crippen molar-refractivity contribution in [1.29, 1.82) is 0 Å². The Morgan fingerprint density at radius 3 is 2.80 bits per heavy atom. The highest BCUT2D eigenvalue weighted by molar-refractivity contribution is 7.99. The summed E-state index contributed by atoms with van der Waals surface area (Å²) in [5.41, 5.74) is 0. The van der Waals surface area contributed by atoms with Crippen molar-refractivity contribution in [2.24, 2.45) is 0 Å². The van der Waals surface area contributed by atoms with E-state index in [0.29, 0.717) is 0 Å². The van der Waals surface area contributed by atoms with Gasteiger partial charge in [-0.2, -0.15) is 11.8 Å². The van der Waals surface area contributed by atoms with Gasteiger partial charge < -0.3 is 9.84 Å². The van der Waals surface area contributed by atoms with Crippen LogP contribution in [-0.2, 0) is 4.74 Å². The fourth-order valence-corrected chi connectivity index (χ4v) is 1.39. The minimum atomic E-state index is -0.174. The van der Waals surface area contributed by atoms with Crippen molar-refractivity contribution in [2.45, 2.75) is 19.4 Å². The number of hydrogen-bond acceptors (Lipinski definition) is 3. The molecule has 3 heteroatoms. The fourth-order valence-electron chi connectivity index (χ4n) is 0.559. The number of ether oxygens (including phenoxy) is 1. The van der Waals surface area contributed by atoms with E-state index in [2.05, 4.69) is 0 Å². The van der Waals surface area contributed by atoms with Crippen molar-refractivity contribution < 1.29 is 9.84 Å². The Morgan fingerprint density at radius 1 is 1.60 bits per heavy atom. The lowest BCUT2D eigenvalue weighted by atomic mass is 10.5. The van der Waals surface area contributed by atoms with Crippen LogP contribution in [0.2, 0.25) is 0 Å². The van der Waals surface area contributed by atoms with Gasteiger partial charge in [-0.15, -0.1) is 0 Å². The molecule has 0 heterocycles. The zero-order valence-corrected chi connectivity index (χ0v) is 7.49. The third-order valence-corrected chi connectivity index (χ3v) is 2.29. The molecule has 0 unspecified atom stereocenters. The first-order valence-corrected chi connectivity index (χ1v) is 4.67. The summed E-state index contributed by atoms with van der Waals surface area (Å²) in [6, 6.07) is 0. The Balaban J connectivity index is 2.77. The Labute approximate surface area is 67.0 Å². The number of hydrogen-bond donors (Lipinski definition) is 1. The predicted molar refractivity (Wildman–Crippen MR) is 45.5 cm³/mol. The van der Waals surface area contributed by atoms with Crippen molar-refractivity contribution in [3.8, 4) is 0 Å². The van der Waals surface area contributed by atoms with Crippen molar-refractivity contribution >= 4 is 11.8 Å². The lowest BCUT2D eigenvalue weighted by Gasteiger charge is -2.02. The molecule has 0 saturated carbocycles. The minimum Gasteiger partial charge on any atom is -0.393 e. The maximum Gasteiger partial charge on any atom is 0.0602 e. The molecule has 0 aliphatic rings. The van der Waals surface area contributed by atoms with E-state index in [4.69, 9.17) is 9.84 Å². The van der Waals surface area contributed by atoms with Crippen LogP contribution >= 0.6 is 11.8 Å². The number of methoxy groups -OCH3 is 1. The summed E-state index contributed by atoms with van der Waals surface area (Å²) in [7, 11) is 1.71. The van der Waals surface area contributed by atoms with Crippen molar-refractivity contribution in [3.63, 3.8) is 0 Å². The zero-order chi connectivity index (χ0) is 7.82. The molecule has 0 bridgehead atoms. The molecular weight excluding hydrogens is 148 g/mol. The van der Waals surface area contributed by atoms with E-state index in [1.165, 1.54) is 0 Å². The van der Waals surface area contributed by atoms with Crippen molar-refractivity contribution in [1.82, 2.24) is 0 Å². The first-order valence-electron chi connectivity index (χ1n) is 3.52. The second-order valence-corrected chi connectivity index (χ2v) is 3.42. The van der Waals surface area contributed by atoms with Crippen LogP contribution in [0.25, 0.3) is 0 Å². The van der Waals surface area contributed by atoms with Crippen LogP contribution in [0.4, 0.5) is 0 Å². The summed E-state index contributed by atoms with van der Waals surface area (Å²) in [5.74, 6) is 1.92. The van der Waals surface area contributed by atoms with E-state index in [1.54, 1.807) is 18.9 Å². The van der Waals surface area contributed by atoms with Gasteiger partial charge in [0, 0.05) is 19.5 Å². The number of aliphatic hydroxyl groups excluding tert-OH is 1. The van der Waals surface area contributed by atoms with E-state index in [1.807, 2.05) is 6.92 Å². The van der Waals surface area contributed by atoms with E-state index >= 15 is 0 Å². The molecule has 0 amide bonds. The van der Waals surface area contributed by atoms with Gasteiger partial charge in [-0.25, -0.2) is 0 Å². The van der Waals surface area contributed by atoms with Gasteiger partial charge in [0.15, 0.2) is 0 Å². The van der Waals surface area contributed by atoms with Crippen molar-refractivity contribution in [3.05, 3.63) is 0 Å². The standard InChI is InChI=1S/C7H16O2S/c1-7(8)6-10-5-3-4-9-2/h7-8H,3-6H2,1-2H3/t7-/m0/s1. The van der Waals surface area contributed by atoms with E-state index in [-0.39, 0.29) is 6.10 Å². The molecule has 0 spiro atoms. The lowest BCUT2D eigenvalue weighted by Crippen LogP contribution is -2.03. The summed E-state index contributed by atoms with van der Waals surface area (Å²) >= 11 is 1.77. The van der Waals surface area contributed by atoms with E-state index in [0.717, 1.165) is 24.5 Å². The molecule has 0 rings (SSSR count). The molecule has 0 aliphatic heterocycles. The molecule has 0 aromatic carbocycles. The molecule has 1 atom stereocenters. The second kappa shape index (κ2) is 7.38. The average Bonchev–Trinajstić information content (AvgIpc) is 1.87. The normalized spacial score (nSPS) is 13.5. The molecule has 1 N–H and O–H groups in total. The van der Waals surface area contributed by atoms with Crippen LogP contribution in [0.5, 0.6) is 0 Å². The smallest absolute Gasteiger partial charge is 0.0602 e. The van der Waals surface area contributed by atoms with Crippen LogP contribution in [-0.4, -0.2) is 36.4 Å². The Kier molecular flexibility index (Phi) is 7.58. The monoisotopic (exact) mass is 164 g/mol. The van der Waals surface area contributed by atoms with E-state index in [9.17, 15) is 0 Å². The third kappa shape index (κ3) is 8.27. The van der Waals surface area contributed by atoms with Gasteiger partial charge in [0.05, 0.1) is 6.10 Å². The topological polar surface area (TPSA) is 29.5 Å². The highest BCUT2D eigenvalue weighted by Crippen LogP contribution is 2.03. The number of aliphatic hydroxyl groups is 1. The molecule has 62 valence electrons. The number of thioether (sulfide) groups is 1. The highest BCUT2D eigenvalue weighted by Gasteiger charge is 1.94. The highest BCUT2D eigenvalue weighted by atomic mass is 32.2. The molecule has 10 heavy (non-hydrogen) atoms. The predicted octanol–water partition coefficient (Wildman–Crippen LogP) is 1.14. The summed E-state index contributed by atoms with van der Waals surface area (Å²) < 4.78 is 4.87. The first-order chi connectivity index (χ1) is 4.77. The molecule has 0 aromatic rings. The Bertz CT molecular complexity index is 66.6. The summed E-state index contributed by atoms with van der Waals surface area (Å²) in [4.78, 5) is 0. The van der Waals surface area contributed by atoms with Crippen LogP contribution in [0.1, 0.15) is 13.3 Å². The Hall–Kier alpha value is 0.270. The van der Waals surface area contributed by atoms with Gasteiger partial charge in [-0.1, -0.05) is 0 Å². The molecule has 0 aromatic heterocycles. The maximum atomic E-state index is 8.86. The SMILES string of the molecule is COCCCSC[C@H](C)O. The summed E-state index contributed by atoms with van der Waals surface area (Å²) in [6.45, 7) is 2.64. The minimum absolute atomic E-state index is 0.174. The van der Waals surface area contributed by atoms with Crippen LogP contribution in [0, 0.1) is 0 Å².